The Bertz CT molecular complexity index is 601. The third kappa shape index (κ3) is 13.3. The van der Waals surface area contributed by atoms with Crippen LogP contribution in [0.15, 0.2) is 48.5 Å². The van der Waals surface area contributed by atoms with Gasteiger partial charge in [-0.3, -0.25) is 0 Å². The van der Waals surface area contributed by atoms with Crippen molar-refractivity contribution in [3.05, 3.63) is 64.7 Å². The van der Waals surface area contributed by atoms with Gasteiger partial charge in [0.25, 0.3) is 0 Å². The molecule has 0 saturated heterocycles. The van der Waals surface area contributed by atoms with Crippen LogP contribution in [0.3, 0.4) is 0 Å². The van der Waals surface area contributed by atoms with Crippen molar-refractivity contribution in [2.24, 2.45) is 0 Å². The number of hydrogen-bond donors (Lipinski definition) is 1. The number of rotatable bonds is 4. The summed E-state index contributed by atoms with van der Waals surface area (Å²) in [5.41, 5.74) is 2.55. The second-order valence-corrected chi connectivity index (χ2v) is 8.22. The standard InChI is InChI=1S/C14H13ClOS.F6P/c15-13-5-1-11(2-6-13)9-17-10-12-3-7-14(16)8-4-12;1-7(2,3,4,5)6/h1-8,16H,9-10H2;/q;-1/p+1. The Morgan fingerprint density at radius 2 is 1.08 bits per heavy atom. The van der Waals surface area contributed by atoms with Crippen molar-refractivity contribution in [1.29, 1.82) is 0 Å². The molecule has 10 heteroatoms. The molecular weight excluding hydrogens is 397 g/mol. The molecule has 2 aromatic carbocycles. The fourth-order valence-corrected chi connectivity index (χ4v) is 2.68. The van der Waals surface area contributed by atoms with Crippen LogP contribution in [-0.4, -0.2) is 5.11 Å². The zero-order valence-corrected chi connectivity index (χ0v) is 14.6. The van der Waals surface area contributed by atoms with E-state index >= 15 is 0 Å². The zero-order chi connectivity index (χ0) is 18.5. The molecule has 2 rings (SSSR count). The Hall–Kier alpha value is -1.11. The van der Waals surface area contributed by atoms with Gasteiger partial charge in [0.15, 0.2) is 0 Å². The summed E-state index contributed by atoms with van der Waals surface area (Å²) in [6.07, 6.45) is 0. The minimum absolute atomic E-state index is 0.322. The van der Waals surface area contributed by atoms with E-state index in [0.29, 0.717) is 5.75 Å². The molecule has 136 valence electrons. The van der Waals surface area contributed by atoms with Gasteiger partial charge in [0.1, 0.15) is 17.3 Å². The van der Waals surface area contributed by atoms with Gasteiger partial charge in [-0.05, 0) is 36.0 Å². The van der Waals surface area contributed by atoms with Crippen LogP contribution < -0.4 is 0 Å². The monoisotopic (exact) mass is 410 g/mol. The molecule has 24 heavy (non-hydrogen) atoms. The van der Waals surface area contributed by atoms with E-state index in [2.05, 4.69) is 12.1 Å². The summed E-state index contributed by atoms with van der Waals surface area (Å²) in [7, 11) is -10.7. The van der Waals surface area contributed by atoms with Crippen molar-refractivity contribution in [1.82, 2.24) is 0 Å². The van der Waals surface area contributed by atoms with Crippen LogP contribution in [-0.2, 0) is 23.3 Å². The van der Waals surface area contributed by atoms with E-state index < -0.39 is 7.81 Å². The molecule has 0 fully saturated rings. The molecule has 0 aliphatic carbocycles. The van der Waals surface area contributed by atoms with Crippen LogP contribution in [0.5, 0.6) is 5.75 Å². The predicted octanol–water partition coefficient (Wildman–Crippen LogP) is 6.94. The maximum absolute atomic E-state index is 10.7. The molecule has 0 atom stereocenters. The van der Waals surface area contributed by atoms with Crippen LogP contribution in [0.2, 0.25) is 5.02 Å². The Morgan fingerprint density at radius 3 is 1.46 bits per heavy atom. The molecule has 0 saturated carbocycles. The Labute approximate surface area is 143 Å². The maximum atomic E-state index is 9.87. The summed E-state index contributed by atoms with van der Waals surface area (Å²) in [5, 5.41) is 9.95. The average molecular weight is 411 g/mol. The van der Waals surface area contributed by atoms with E-state index in [1.54, 1.807) is 12.1 Å². The minimum Gasteiger partial charge on any atom is -0.508 e. The normalized spacial score (nSPS) is 14.1. The molecule has 0 aliphatic rings. The number of halogens is 7. The SMILES string of the molecule is F[P-](F)(F)(F)(F)F.Oc1ccc(C[SH+]Cc2ccc(Cl)cc2)cc1. The number of phenolic OH excluding ortho intramolecular Hbond substituents is 1. The first-order valence-electron chi connectivity index (χ1n) is 6.41. The third-order valence-corrected chi connectivity index (χ3v) is 3.87. The minimum atomic E-state index is -10.7. The van der Waals surface area contributed by atoms with Crippen LogP contribution in [0, 0.1) is 0 Å². The largest absolute Gasteiger partial charge is 0.508 e. The summed E-state index contributed by atoms with van der Waals surface area (Å²) in [6, 6.07) is 15.4. The van der Waals surface area contributed by atoms with Gasteiger partial charge in [0.05, 0.1) is 0 Å². The van der Waals surface area contributed by atoms with Crippen molar-refractivity contribution in [2.75, 3.05) is 0 Å². The zero-order valence-electron chi connectivity index (χ0n) is 12.0. The first-order chi connectivity index (χ1) is 10.7. The van der Waals surface area contributed by atoms with Crippen molar-refractivity contribution >= 4 is 31.2 Å². The van der Waals surface area contributed by atoms with Gasteiger partial charge in [0, 0.05) is 16.1 Å². The van der Waals surface area contributed by atoms with Crippen LogP contribution in [0.25, 0.3) is 0 Å². The van der Waals surface area contributed by atoms with E-state index in [1.165, 1.54) is 22.9 Å². The quantitative estimate of drug-likeness (QED) is 0.250. The molecular formula is C14H14ClF6OPS. The Kier molecular flexibility index (Phi) is 6.12. The summed E-state index contributed by atoms with van der Waals surface area (Å²) in [5.74, 6) is 2.35. The van der Waals surface area contributed by atoms with Crippen molar-refractivity contribution < 1.29 is 30.3 Å². The fourth-order valence-electron chi connectivity index (χ4n) is 1.51. The first-order valence-corrected chi connectivity index (χ1v) is 10.1. The molecule has 2 aromatic rings. The molecule has 0 amide bonds. The Morgan fingerprint density at radius 1 is 0.750 bits per heavy atom. The van der Waals surface area contributed by atoms with Gasteiger partial charge in [-0.1, -0.05) is 35.9 Å². The van der Waals surface area contributed by atoms with Crippen LogP contribution in [0.1, 0.15) is 11.1 Å². The molecule has 0 radical (unpaired) electrons. The molecule has 1 N–H and O–H groups in total. The van der Waals surface area contributed by atoms with E-state index in [4.69, 9.17) is 11.6 Å². The van der Waals surface area contributed by atoms with E-state index in [9.17, 15) is 30.3 Å². The van der Waals surface area contributed by atoms with Gasteiger partial charge in [-0.15, -0.1) is 0 Å². The van der Waals surface area contributed by atoms with Crippen LogP contribution in [0.4, 0.5) is 25.2 Å². The predicted molar refractivity (Wildman–Crippen MR) is 89.3 cm³/mol. The van der Waals surface area contributed by atoms with E-state index in [0.717, 1.165) is 16.5 Å². The molecule has 0 spiro atoms. The van der Waals surface area contributed by atoms with Gasteiger partial charge in [0.2, 0.25) is 0 Å². The first kappa shape index (κ1) is 20.9. The van der Waals surface area contributed by atoms with Crippen molar-refractivity contribution in [3.8, 4) is 5.75 Å². The molecule has 0 unspecified atom stereocenters. The van der Waals surface area contributed by atoms with Crippen molar-refractivity contribution in [3.63, 3.8) is 0 Å². The molecule has 0 heterocycles. The summed E-state index contributed by atoms with van der Waals surface area (Å²) < 4.78 is 59.2. The summed E-state index contributed by atoms with van der Waals surface area (Å²) in [4.78, 5) is 0. The van der Waals surface area contributed by atoms with Gasteiger partial charge < -0.3 is 5.11 Å². The number of benzene rings is 2. The number of thiol groups is 1. The van der Waals surface area contributed by atoms with Gasteiger partial charge in [-0.2, -0.15) is 0 Å². The second kappa shape index (κ2) is 7.02. The Balaban J connectivity index is 0.000000351. The number of hydrogen-bond acceptors (Lipinski definition) is 1. The molecule has 0 bridgehead atoms. The number of aromatic hydroxyl groups is 1. The van der Waals surface area contributed by atoms with Crippen molar-refractivity contribution in [2.45, 2.75) is 11.5 Å². The van der Waals surface area contributed by atoms with E-state index in [1.807, 2.05) is 24.3 Å². The third-order valence-electron chi connectivity index (χ3n) is 2.44. The fraction of sp³-hybridized carbons (Fsp3) is 0.143. The maximum Gasteiger partial charge on any atom is 0.131 e. The van der Waals surface area contributed by atoms with Crippen LogP contribution >= 0.6 is 19.4 Å². The molecule has 0 aromatic heterocycles. The topological polar surface area (TPSA) is 20.2 Å². The van der Waals surface area contributed by atoms with Gasteiger partial charge in [-0.25, -0.2) is 0 Å². The number of phenols is 1. The average Bonchev–Trinajstić information content (AvgIpc) is 2.40. The van der Waals surface area contributed by atoms with E-state index in [-0.39, 0.29) is 0 Å². The van der Waals surface area contributed by atoms with Gasteiger partial charge >= 0.3 is 33.0 Å². The summed E-state index contributed by atoms with van der Waals surface area (Å²) >= 11 is 7.18. The summed E-state index contributed by atoms with van der Waals surface area (Å²) in [6.45, 7) is 0. The molecule has 1 nitrogen and oxygen atoms in total. The smallest absolute Gasteiger partial charge is 0.131 e. The molecule has 0 aliphatic heterocycles. The second-order valence-electron chi connectivity index (χ2n) is 4.79.